The van der Waals surface area contributed by atoms with Gasteiger partial charge in [-0.1, -0.05) is 23.2 Å². The summed E-state index contributed by atoms with van der Waals surface area (Å²) in [5, 5.41) is 9.83. The van der Waals surface area contributed by atoms with Gasteiger partial charge in [0.15, 0.2) is 0 Å². The van der Waals surface area contributed by atoms with Crippen LogP contribution in [-0.4, -0.2) is 81.8 Å². The van der Waals surface area contributed by atoms with E-state index < -0.39 is 0 Å². The number of ether oxygens (including phenoxy) is 3. The lowest BCUT2D eigenvalue weighted by Gasteiger charge is -2.26. The monoisotopic (exact) mass is 500 g/mol. The second-order valence-electron chi connectivity index (χ2n) is 7.73. The number of nitrogens with zero attached hydrogens (tertiary/aromatic N) is 3. The minimum absolute atomic E-state index is 0.0380. The van der Waals surface area contributed by atoms with Crippen LogP contribution in [0.25, 0.3) is 0 Å². The molecule has 3 rings (SSSR count). The van der Waals surface area contributed by atoms with Gasteiger partial charge < -0.3 is 24.4 Å². The highest BCUT2D eigenvalue weighted by Crippen LogP contribution is 2.28. The molecule has 9 nitrogen and oxygen atoms in total. The normalized spacial score (nSPS) is 16.1. The van der Waals surface area contributed by atoms with E-state index in [2.05, 4.69) is 10.4 Å². The summed E-state index contributed by atoms with van der Waals surface area (Å²) in [4.78, 5) is 25.8. The smallest absolute Gasteiger partial charge is 0.251 e. The van der Waals surface area contributed by atoms with Gasteiger partial charge in [0.25, 0.3) is 5.91 Å². The molecule has 0 unspecified atom stereocenters. The Morgan fingerprint density at radius 3 is 2.33 bits per heavy atom. The standard InChI is InChI=1S/C22H30Cl2N4O5/c23-18-5-4-17(14-19(18)24)28-9-6-20(26-28)25-21(29)15-32-12-10-31-11-13-33-16-22(30)27-7-2-1-3-8-27/h4-5,14H,1-3,6-13,15-16H2,(H,25,26,29). The van der Waals surface area contributed by atoms with Crippen molar-refractivity contribution in [2.45, 2.75) is 25.7 Å². The van der Waals surface area contributed by atoms with Crippen molar-refractivity contribution < 1.29 is 23.8 Å². The summed E-state index contributed by atoms with van der Waals surface area (Å²) in [6.45, 7) is 3.61. The zero-order valence-corrected chi connectivity index (χ0v) is 20.1. The Hall–Kier alpha value is -1.91. The van der Waals surface area contributed by atoms with Gasteiger partial charge in [0.2, 0.25) is 5.91 Å². The molecular formula is C22H30Cl2N4O5. The maximum atomic E-state index is 12.0. The predicted octanol–water partition coefficient (Wildman–Crippen LogP) is 2.70. The Kier molecular flexibility index (Phi) is 10.7. The first-order chi connectivity index (χ1) is 16.0. The summed E-state index contributed by atoms with van der Waals surface area (Å²) in [7, 11) is 0. The number of carbonyl (C=O) groups is 2. The van der Waals surface area contributed by atoms with Gasteiger partial charge in [-0.2, -0.15) is 5.10 Å². The molecule has 1 aromatic carbocycles. The van der Waals surface area contributed by atoms with Crippen LogP contribution in [0.2, 0.25) is 10.0 Å². The molecule has 1 N–H and O–H groups in total. The number of amides is 2. The van der Waals surface area contributed by atoms with Crippen molar-refractivity contribution in [1.29, 1.82) is 0 Å². The van der Waals surface area contributed by atoms with Crippen LogP contribution in [0.5, 0.6) is 0 Å². The van der Waals surface area contributed by atoms with E-state index >= 15 is 0 Å². The molecular weight excluding hydrogens is 471 g/mol. The van der Waals surface area contributed by atoms with E-state index in [0.29, 0.717) is 48.7 Å². The van der Waals surface area contributed by atoms with Gasteiger partial charge >= 0.3 is 0 Å². The second-order valence-corrected chi connectivity index (χ2v) is 8.54. The fourth-order valence-corrected chi connectivity index (χ4v) is 3.76. The third-order valence-corrected chi connectivity index (χ3v) is 5.94. The number of hydrogen-bond donors (Lipinski definition) is 1. The molecule has 0 aliphatic carbocycles. The molecule has 1 saturated heterocycles. The minimum Gasteiger partial charge on any atom is -0.377 e. The lowest BCUT2D eigenvalue weighted by molar-refractivity contribution is -0.137. The molecule has 2 aliphatic heterocycles. The van der Waals surface area contributed by atoms with Gasteiger partial charge in [0.05, 0.1) is 42.2 Å². The maximum absolute atomic E-state index is 12.0. The summed E-state index contributed by atoms with van der Waals surface area (Å²) in [5.41, 5.74) is 0.807. The molecule has 2 aliphatic rings. The van der Waals surface area contributed by atoms with Crippen molar-refractivity contribution in [2.75, 3.05) is 64.3 Å². The van der Waals surface area contributed by atoms with E-state index in [-0.39, 0.29) is 31.6 Å². The number of likely N-dealkylation sites (tertiary alicyclic amines) is 1. The zero-order chi connectivity index (χ0) is 23.5. The van der Waals surface area contributed by atoms with Crippen molar-refractivity contribution in [1.82, 2.24) is 10.2 Å². The SMILES string of the molecule is O=C(COCCOCCOCC(=O)N1CCCCC1)NC1=NN(c2ccc(Cl)c(Cl)c2)CC1. The number of amidine groups is 1. The largest absolute Gasteiger partial charge is 0.377 e. The Balaban J connectivity index is 1.20. The highest BCUT2D eigenvalue weighted by molar-refractivity contribution is 6.42. The maximum Gasteiger partial charge on any atom is 0.251 e. The van der Waals surface area contributed by atoms with Crippen molar-refractivity contribution >= 4 is 46.5 Å². The second kappa shape index (κ2) is 13.7. The van der Waals surface area contributed by atoms with Gasteiger partial charge in [0, 0.05) is 26.1 Å². The quantitative estimate of drug-likeness (QED) is 0.469. The van der Waals surface area contributed by atoms with Gasteiger partial charge in [0.1, 0.15) is 19.0 Å². The van der Waals surface area contributed by atoms with Crippen LogP contribution >= 0.6 is 23.2 Å². The molecule has 182 valence electrons. The molecule has 0 radical (unpaired) electrons. The van der Waals surface area contributed by atoms with E-state index in [9.17, 15) is 9.59 Å². The van der Waals surface area contributed by atoms with Crippen LogP contribution < -0.4 is 10.3 Å². The average Bonchev–Trinajstić information content (AvgIpc) is 3.28. The Labute approximate surface area is 203 Å². The number of rotatable bonds is 11. The Morgan fingerprint density at radius 2 is 1.61 bits per heavy atom. The lowest BCUT2D eigenvalue weighted by Crippen LogP contribution is -2.38. The Morgan fingerprint density at radius 1 is 0.909 bits per heavy atom. The lowest BCUT2D eigenvalue weighted by atomic mass is 10.1. The van der Waals surface area contributed by atoms with Crippen LogP contribution in [0, 0.1) is 0 Å². The number of anilines is 1. The predicted molar refractivity (Wildman–Crippen MR) is 127 cm³/mol. The summed E-state index contributed by atoms with van der Waals surface area (Å²) in [6, 6.07) is 5.27. The van der Waals surface area contributed by atoms with Crippen molar-refractivity contribution in [3.8, 4) is 0 Å². The highest BCUT2D eigenvalue weighted by atomic mass is 35.5. The highest BCUT2D eigenvalue weighted by Gasteiger charge is 2.19. The minimum atomic E-state index is -0.274. The number of hydrogen-bond acceptors (Lipinski definition) is 7. The molecule has 0 bridgehead atoms. The van der Waals surface area contributed by atoms with Crippen LogP contribution in [0.1, 0.15) is 25.7 Å². The summed E-state index contributed by atoms with van der Waals surface area (Å²) in [6.07, 6.45) is 3.93. The number of halogens is 2. The first-order valence-corrected chi connectivity index (χ1v) is 11.9. The molecule has 0 spiro atoms. The number of benzene rings is 1. The topological polar surface area (TPSA) is 92.7 Å². The molecule has 11 heteroatoms. The molecule has 0 atom stereocenters. The molecule has 33 heavy (non-hydrogen) atoms. The van der Waals surface area contributed by atoms with E-state index in [1.165, 1.54) is 6.42 Å². The van der Waals surface area contributed by atoms with Crippen molar-refractivity contribution in [2.24, 2.45) is 5.10 Å². The van der Waals surface area contributed by atoms with Gasteiger partial charge in [-0.25, -0.2) is 0 Å². The third-order valence-electron chi connectivity index (χ3n) is 5.20. The number of carbonyl (C=O) groups excluding carboxylic acids is 2. The van der Waals surface area contributed by atoms with Crippen molar-refractivity contribution in [3.63, 3.8) is 0 Å². The molecule has 2 amide bonds. The van der Waals surface area contributed by atoms with E-state index in [4.69, 9.17) is 37.4 Å². The molecule has 1 fully saturated rings. The van der Waals surface area contributed by atoms with Gasteiger partial charge in [-0.05, 0) is 37.5 Å². The summed E-state index contributed by atoms with van der Waals surface area (Å²) >= 11 is 12.0. The average molecular weight is 501 g/mol. The van der Waals surface area contributed by atoms with Gasteiger partial charge in [-0.3, -0.25) is 14.6 Å². The van der Waals surface area contributed by atoms with Crippen molar-refractivity contribution in [3.05, 3.63) is 28.2 Å². The molecule has 2 heterocycles. The number of piperidine rings is 1. The van der Waals surface area contributed by atoms with E-state index in [0.717, 1.165) is 31.6 Å². The first-order valence-electron chi connectivity index (χ1n) is 11.1. The fourth-order valence-electron chi connectivity index (χ4n) is 3.47. The Bertz CT molecular complexity index is 833. The zero-order valence-electron chi connectivity index (χ0n) is 18.6. The van der Waals surface area contributed by atoms with Crippen LogP contribution in [0.4, 0.5) is 5.69 Å². The summed E-state index contributed by atoms with van der Waals surface area (Å²) < 4.78 is 16.1. The van der Waals surface area contributed by atoms with Crippen LogP contribution in [-0.2, 0) is 23.8 Å². The fraction of sp³-hybridized carbons (Fsp3) is 0.591. The molecule has 1 aromatic rings. The van der Waals surface area contributed by atoms with E-state index in [1.807, 2.05) is 11.0 Å². The van der Waals surface area contributed by atoms with Crippen LogP contribution in [0.15, 0.2) is 23.3 Å². The first kappa shape index (κ1) is 25.7. The number of hydrazone groups is 1. The number of nitrogens with one attached hydrogen (secondary N) is 1. The van der Waals surface area contributed by atoms with Crippen LogP contribution in [0.3, 0.4) is 0 Å². The van der Waals surface area contributed by atoms with Gasteiger partial charge in [-0.15, -0.1) is 0 Å². The third kappa shape index (κ3) is 8.75. The summed E-state index contributed by atoms with van der Waals surface area (Å²) in [5.74, 6) is 0.336. The molecule has 0 aromatic heterocycles. The van der Waals surface area contributed by atoms with E-state index in [1.54, 1.807) is 17.1 Å². The molecule has 0 saturated carbocycles.